The highest BCUT2D eigenvalue weighted by Crippen LogP contribution is 2.31. The minimum absolute atomic E-state index is 0.0289. The van der Waals surface area contributed by atoms with Crippen LogP contribution in [0.4, 0.5) is 13.2 Å². The number of esters is 1. The minimum Gasteiger partial charge on any atom is -0.461 e. The van der Waals surface area contributed by atoms with Crippen molar-refractivity contribution in [3.05, 3.63) is 21.0 Å². The predicted octanol–water partition coefficient (Wildman–Crippen LogP) is 3.66. The molecule has 1 aromatic heterocycles. The number of carbonyl (C=O) groups excluding carboxylic acids is 1. The number of hydrogen-bond donors (Lipinski definition) is 0. The highest BCUT2D eigenvalue weighted by molar-refractivity contribution is 14.1. The lowest BCUT2D eigenvalue weighted by atomic mass is 10.3. The summed E-state index contributed by atoms with van der Waals surface area (Å²) in [7, 11) is 0. The summed E-state index contributed by atoms with van der Waals surface area (Å²) in [5, 5.41) is 0.293. The maximum absolute atomic E-state index is 12.3. The van der Waals surface area contributed by atoms with Gasteiger partial charge >= 0.3 is 12.3 Å². The fourth-order valence-electron chi connectivity index (χ4n) is 1.17. The zero-order valence-corrected chi connectivity index (χ0v) is 13.3. The van der Waals surface area contributed by atoms with Gasteiger partial charge in [-0.3, -0.25) is 0 Å². The molecular weight excluding hydrogens is 446 g/mol. The van der Waals surface area contributed by atoms with Gasteiger partial charge in [-0.25, -0.2) is 9.78 Å². The number of alkyl halides is 4. The van der Waals surface area contributed by atoms with E-state index >= 15 is 0 Å². The van der Waals surface area contributed by atoms with Crippen LogP contribution in [-0.2, 0) is 10.1 Å². The van der Waals surface area contributed by atoms with Crippen molar-refractivity contribution in [3.63, 3.8) is 0 Å². The molecule has 0 amide bonds. The van der Waals surface area contributed by atoms with Crippen molar-refractivity contribution < 1.29 is 27.4 Å². The second-order valence-electron chi connectivity index (χ2n) is 3.18. The van der Waals surface area contributed by atoms with Crippen LogP contribution in [0.25, 0.3) is 0 Å². The van der Waals surface area contributed by atoms with E-state index < -0.39 is 23.8 Å². The van der Waals surface area contributed by atoms with Gasteiger partial charge in [0.25, 0.3) is 0 Å². The first-order chi connectivity index (χ1) is 8.78. The van der Waals surface area contributed by atoms with E-state index in [-0.39, 0.29) is 10.2 Å². The van der Waals surface area contributed by atoms with Gasteiger partial charge in [-0.1, -0.05) is 15.9 Å². The van der Waals surface area contributed by atoms with Crippen molar-refractivity contribution >= 4 is 44.5 Å². The van der Waals surface area contributed by atoms with Crippen LogP contribution in [0.5, 0.6) is 5.75 Å². The summed E-state index contributed by atoms with van der Waals surface area (Å²) >= 11 is 4.76. The third-order valence-corrected chi connectivity index (χ3v) is 3.18. The molecule has 0 atom stereocenters. The Bertz CT molecular complexity index is 482. The number of hydrogen-bond acceptors (Lipinski definition) is 4. The van der Waals surface area contributed by atoms with E-state index in [4.69, 9.17) is 0 Å². The SMILES string of the molecule is CCOC(=O)c1nc(CBr)cc(I)c1OC(F)(F)F. The Morgan fingerprint density at radius 3 is 2.63 bits per heavy atom. The molecule has 1 aromatic rings. The van der Waals surface area contributed by atoms with Gasteiger partial charge in [0.2, 0.25) is 0 Å². The van der Waals surface area contributed by atoms with E-state index in [1.54, 1.807) is 29.5 Å². The lowest BCUT2D eigenvalue weighted by Gasteiger charge is -2.14. The minimum atomic E-state index is -4.90. The third kappa shape index (κ3) is 4.79. The van der Waals surface area contributed by atoms with Crippen molar-refractivity contribution in [1.82, 2.24) is 4.98 Å². The topological polar surface area (TPSA) is 48.4 Å². The molecule has 0 unspecified atom stereocenters. The fourth-order valence-corrected chi connectivity index (χ4v) is 2.18. The highest BCUT2D eigenvalue weighted by Gasteiger charge is 2.35. The number of rotatable bonds is 4. The third-order valence-electron chi connectivity index (χ3n) is 1.80. The van der Waals surface area contributed by atoms with Crippen LogP contribution in [0.15, 0.2) is 6.07 Å². The van der Waals surface area contributed by atoms with Crippen LogP contribution in [0.2, 0.25) is 0 Å². The zero-order valence-electron chi connectivity index (χ0n) is 9.55. The molecule has 0 N–H and O–H groups in total. The molecule has 0 bridgehead atoms. The molecule has 0 saturated carbocycles. The smallest absolute Gasteiger partial charge is 0.461 e. The van der Waals surface area contributed by atoms with E-state index in [1.807, 2.05) is 0 Å². The average molecular weight is 454 g/mol. The van der Waals surface area contributed by atoms with E-state index in [0.717, 1.165) is 0 Å². The summed E-state index contributed by atoms with van der Waals surface area (Å²) in [6, 6.07) is 1.39. The van der Waals surface area contributed by atoms with Gasteiger partial charge in [0, 0.05) is 5.33 Å². The van der Waals surface area contributed by atoms with Crippen molar-refractivity contribution in [2.45, 2.75) is 18.6 Å². The summed E-state index contributed by atoms with van der Waals surface area (Å²) in [5.41, 5.74) is -0.0810. The van der Waals surface area contributed by atoms with Gasteiger partial charge in [0.05, 0.1) is 15.9 Å². The first kappa shape index (κ1) is 16.5. The van der Waals surface area contributed by atoms with E-state index in [2.05, 4.69) is 30.4 Å². The number of halogens is 5. The zero-order chi connectivity index (χ0) is 14.6. The van der Waals surface area contributed by atoms with Crippen LogP contribution in [0, 0.1) is 3.57 Å². The highest BCUT2D eigenvalue weighted by atomic mass is 127. The van der Waals surface area contributed by atoms with Crippen molar-refractivity contribution in [1.29, 1.82) is 0 Å². The van der Waals surface area contributed by atoms with Gasteiger partial charge in [-0.15, -0.1) is 13.2 Å². The molecule has 0 aliphatic heterocycles. The Balaban J connectivity index is 3.29. The number of aromatic nitrogens is 1. The van der Waals surface area contributed by atoms with Gasteiger partial charge in [-0.2, -0.15) is 0 Å². The number of nitrogens with zero attached hydrogens (tertiary/aromatic N) is 1. The quantitative estimate of drug-likeness (QED) is 0.396. The monoisotopic (exact) mass is 453 g/mol. The normalized spacial score (nSPS) is 11.3. The average Bonchev–Trinajstić information content (AvgIpc) is 2.30. The van der Waals surface area contributed by atoms with Crippen molar-refractivity contribution in [2.24, 2.45) is 0 Å². The standard InChI is InChI=1S/C10H8BrF3INO3/c1-2-18-9(17)7-8(19-10(12,13)14)6(15)3-5(4-11)16-7/h3H,2,4H2,1H3. The summed E-state index contributed by atoms with van der Waals surface area (Å²) in [6.07, 6.45) is -4.90. The number of pyridine rings is 1. The molecule has 0 aliphatic carbocycles. The lowest BCUT2D eigenvalue weighted by Crippen LogP contribution is -2.21. The van der Waals surface area contributed by atoms with Crippen LogP contribution in [0.3, 0.4) is 0 Å². The van der Waals surface area contributed by atoms with Crippen molar-refractivity contribution in [2.75, 3.05) is 6.61 Å². The summed E-state index contributed by atoms with van der Waals surface area (Å²) < 4.78 is 45.6. The fraction of sp³-hybridized carbons (Fsp3) is 0.400. The molecule has 1 heterocycles. The van der Waals surface area contributed by atoms with Crippen molar-refractivity contribution in [3.8, 4) is 5.75 Å². The Morgan fingerprint density at radius 1 is 1.53 bits per heavy atom. The van der Waals surface area contributed by atoms with Crippen LogP contribution in [-0.4, -0.2) is 23.9 Å². The summed E-state index contributed by atoms with van der Waals surface area (Å²) in [6.45, 7) is 1.57. The van der Waals surface area contributed by atoms with Crippen LogP contribution < -0.4 is 4.74 Å². The first-order valence-corrected chi connectivity index (χ1v) is 7.16. The predicted molar refractivity (Wildman–Crippen MR) is 72.2 cm³/mol. The molecule has 0 aromatic carbocycles. The van der Waals surface area contributed by atoms with Gasteiger partial charge in [-0.05, 0) is 35.6 Å². The Kier molecular flexibility index (Phi) is 5.83. The first-order valence-electron chi connectivity index (χ1n) is 4.96. The Labute approximate surface area is 128 Å². The summed E-state index contributed by atoms with van der Waals surface area (Å²) in [4.78, 5) is 15.4. The molecule has 9 heteroatoms. The molecule has 4 nitrogen and oxygen atoms in total. The second-order valence-corrected chi connectivity index (χ2v) is 4.90. The summed E-state index contributed by atoms with van der Waals surface area (Å²) in [5.74, 6) is -1.60. The maximum Gasteiger partial charge on any atom is 0.573 e. The molecule has 0 saturated heterocycles. The van der Waals surface area contributed by atoms with Gasteiger partial charge in [0.15, 0.2) is 11.4 Å². The van der Waals surface area contributed by atoms with Crippen LogP contribution >= 0.6 is 38.5 Å². The maximum atomic E-state index is 12.3. The van der Waals surface area contributed by atoms with Crippen LogP contribution in [0.1, 0.15) is 23.1 Å². The lowest BCUT2D eigenvalue weighted by molar-refractivity contribution is -0.275. The second kappa shape index (κ2) is 6.73. The molecule has 0 spiro atoms. The Hall–Kier alpha value is -0.580. The number of ether oxygens (including phenoxy) is 2. The van der Waals surface area contributed by atoms with Gasteiger partial charge in [0.1, 0.15) is 0 Å². The molecule has 106 valence electrons. The van der Waals surface area contributed by atoms with E-state index in [0.29, 0.717) is 11.0 Å². The molecular formula is C10H8BrF3INO3. The number of carbonyl (C=O) groups is 1. The molecule has 0 fully saturated rings. The van der Waals surface area contributed by atoms with E-state index in [1.165, 1.54) is 6.07 Å². The molecule has 0 radical (unpaired) electrons. The van der Waals surface area contributed by atoms with E-state index in [9.17, 15) is 18.0 Å². The largest absolute Gasteiger partial charge is 0.573 e. The van der Waals surface area contributed by atoms with Gasteiger partial charge < -0.3 is 9.47 Å². The molecule has 19 heavy (non-hydrogen) atoms. The molecule has 0 aliphatic rings. The molecule has 1 rings (SSSR count). The Morgan fingerprint density at radius 2 is 2.16 bits per heavy atom.